The molecule has 9 nitrogen and oxygen atoms in total. The van der Waals surface area contributed by atoms with E-state index >= 15 is 0 Å². The largest absolute Gasteiger partial charge is 0.490 e. The van der Waals surface area contributed by atoms with Crippen LogP contribution in [0.4, 0.5) is 4.79 Å². The number of hydrogen-bond donors (Lipinski definition) is 2. The van der Waals surface area contributed by atoms with E-state index in [1.54, 1.807) is 12.4 Å². The van der Waals surface area contributed by atoms with Crippen LogP contribution in [0.1, 0.15) is 30.9 Å². The zero-order valence-electron chi connectivity index (χ0n) is 17.8. The SMILES string of the molecule is C[C@]1(CS(=O)(=O)N2CCC(Oc3ccc(Cc4ccncc4)cc3)CC2)NC(=O)NC1=O. The van der Waals surface area contributed by atoms with E-state index in [0.29, 0.717) is 25.9 Å². The van der Waals surface area contributed by atoms with Crippen molar-refractivity contribution in [3.05, 3.63) is 59.9 Å². The van der Waals surface area contributed by atoms with Crippen LogP contribution in [0, 0.1) is 0 Å². The van der Waals surface area contributed by atoms with E-state index in [0.717, 1.165) is 12.2 Å². The molecule has 0 bridgehead atoms. The maximum Gasteiger partial charge on any atom is 0.322 e. The van der Waals surface area contributed by atoms with Crippen molar-refractivity contribution in [3.8, 4) is 5.75 Å². The minimum Gasteiger partial charge on any atom is -0.490 e. The molecule has 1 atom stereocenters. The second-order valence-corrected chi connectivity index (χ2v) is 10.4. The van der Waals surface area contributed by atoms with Gasteiger partial charge in [0, 0.05) is 25.5 Å². The molecule has 170 valence electrons. The molecule has 3 heterocycles. The number of benzene rings is 1. The molecule has 2 aliphatic heterocycles. The van der Waals surface area contributed by atoms with Crippen molar-refractivity contribution in [2.45, 2.75) is 37.8 Å². The van der Waals surface area contributed by atoms with Gasteiger partial charge in [0.05, 0.1) is 5.75 Å². The number of carbonyl (C=O) groups is 2. The van der Waals surface area contributed by atoms with Crippen LogP contribution in [0.3, 0.4) is 0 Å². The Kier molecular flexibility index (Phi) is 6.16. The van der Waals surface area contributed by atoms with Gasteiger partial charge in [0.2, 0.25) is 10.0 Å². The summed E-state index contributed by atoms with van der Waals surface area (Å²) in [6.45, 7) is 2.02. The van der Waals surface area contributed by atoms with Crippen molar-refractivity contribution >= 4 is 22.0 Å². The van der Waals surface area contributed by atoms with E-state index in [4.69, 9.17) is 4.74 Å². The molecule has 2 saturated heterocycles. The van der Waals surface area contributed by atoms with E-state index in [1.165, 1.54) is 22.4 Å². The number of amides is 3. The Balaban J connectivity index is 1.29. The first-order valence-electron chi connectivity index (χ1n) is 10.5. The standard InChI is InChI=1S/C22H26N4O5S/c1-22(20(27)24-21(28)25-22)15-32(29,30)26-12-8-19(9-13-26)31-18-4-2-16(3-5-18)14-17-6-10-23-11-7-17/h2-7,10-11,19H,8-9,12-15H2,1H3,(H2,24,25,27,28)/t22-/m1/s1. The Bertz CT molecular complexity index is 1080. The average Bonchev–Trinajstić information content (AvgIpc) is 3.01. The second kappa shape index (κ2) is 8.87. The number of urea groups is 1. The van der Waals surface area contributed by atoms with Gasteiger partial charge in [0.1, 0.15) is 17.4 Å². The molecule has 0 unspecified atom stereocenters. The Morgan fingerprint density at radius 1 is 1.06 bits per heavy atom. The lowest BCUT2D eigenvalue weighted by Crippen LogP contribution is -2.53. The molecule has 2 N–H and O–H groups in total. The predicted octanol–water partition coefficient (Wildman–Crippen LogP) is 1.44. The molecule has 2 aliphatic rings. The maximum atomic E-state index is 12.8. The molecule has 10 heteroatoms. The van der Waals surface area contributed by atoms with Crippen LogP contribution in [-0.2, 0) is 21.2 Å². The molecule has 0 spiro atoms. The molecule has 0 aliphatic carbocycles. The van der Waals surface area contributed by atoms with Gasteiger partial charge in [-0.25, -0.2) is 17.5 Å². The Morgan fingerprint density at radius 2 is 1.69 bits per heavy atom. The van der Waals surface area contributed by atoms with Crippen LogP contribution in [0.5, 0.6) is 5.75 Å². The lowest BCUT2D eigenvalue weighted by atomic mass is 10.1. The van der Waals surface area contributed by atoms with Gasteiger partial charge in [-0.3, -0.25) is 15.1 Å². The predicted molar refractivity (Wildman–Crippen MR) is 118 cm³/mol. The number of ether oxygens (including phenoxy) is 1. The summed E-state index contributed by atoms with van der Waals surface area (Å²) in [6, 6.07) is 11.2. The highest BCUT2D eigenvalue weighted by molar-refractivity contribution is 7.89. The number of nitrogens with zero attached hydrogens (tertiary/aromatic N) is 2. The number of sulfonamides is 1. The van der Waals surface area contributed by atoms with Gasteiger partial charge < -0.3 is 10.1 Å². The van der Waals surface area contributed by atoms with E-state index in [9.17, 15) is 18.0 Å². The van der Waals surface area contributed by atoms with Crippen molar-refractivity contribution < 1.29 is 22.7 Å². The van der Waals surface area contributed by atoms with Crippen LogP contribution in [0.25, 0.3) is 0 Å². The Labute approximate surface area is 187 Å². The van der Waals surface area contributed by atoms with E-state index in [1.807, 2.05) is 36.4 Å². The van der Waals surface area contributed by atoms with Crippen LogP contribution in [0.2, 0.25) is 0 Å². The molecule has 4 rings (SSSR count). The minimum absolute atomic E-state index is 0.0856. The van der Waals surface area contributed by atoms with E-state index in [2.05, 4.69) is 15.6 Å². The van der Waals surface area contributed by atoms with Crippen molar-refractivity contribution in [2.24, 2.45) is 0 Å². The molecular formula is C22H26N4O5S. The molecule has 0 saturated carbocycles. The quantitative estimate of drug-likeness (QED) is 0.607. The van der Waals surface area contributed by atoms with E-state index in [-0.39, 0.29) is 6.10 Å². The summed E-state index contributed by atoms with van der Waals surface area (Å²) < 4.78 is 33.0. The molecule has 2 fully saturated rings. The molecule has 32 heavy (non-hydrogen) atoms. The fourth-order valence-electron chi connectivity index (χ4n) is 3.98. The Morgan fingerprint density at radius 3 is 2.28 bits per heavy atom. The van der Waals surface area contributed by atoms with E-state index < -0.39 is 33.3 Å². The number of aromatic nitrogens is 1. The highest BCUT2D eigenvalue weighted by atomic mass is 32.2. The zero-order chi connectivity index (χ0) is 22.8. The van der Waals surface area contributed by atoms with Crippen molar-refractivity contribution in [3.63, 3.8) is 0 Å². The van der Waals surface area contributed by atoms with Crippen LogP contribution < -0.4 is 15.4 Å². The first kappa shape index (κ1) is 22.2. The maximum absolute atomic E-state index is 12.8. The van der Waals surface area contributed by atoms with Crippen LogP contribution in [-0.4, -0.2) is 60.1 Å². The topological polar surface area (TPSA) is 118 Å². The molecule has 0 radical (unpaired) electrons. The number of piperidine rings is 1. The van der Waals surface area contributed by atoms with Gasteiger partial charge in [0.25, 0.3) is 5.91 Å². The molecule has 1 aromatic heterocycles. The summed E-state index contributed by atoms with van der Waals surface area (Å²) in [5.41, 5.74) is 0.896. The third-order valence-electron chi connectivity index (χ3n) is 5.77. The smallest absolute Gasteiger partial charge is 0.322 e. The second-order valence-electron chi connectivity index (χ2n) is 8.39. The summed E-state index contributed by atoms with van der Waals surface area (Å²) in [5, 5.41) is 4.49. The highest BCUT2D eigenvalue weighted by Crippen LogP contribution is 2.24. The molecular weight excluding hydrogens is 432 g/mol. The van der Waals surface area contributed by atoms with Gasteiger partial charge >= 0.3 is 6.03 Å². The third-order valence-corrected chi connectivity index (χ3v) is 7.86. The highest BCUT2D eigenvalue weighted by Gasteiger charge is 2.46. The third kappa shape index (κ3) is 5.08. The first-order valence-corrected chi connectivity index (χ1v) is 12.1. The van der Waals surface area contributed by atoms with Gasteiger partial charge in [0.15, 0.2) is 0 Å². The summed E-state index contributed by atoms with van der Waals surface area (Å²) in [6.07, 6.45) is 5.38. The van der Waals surface area contributed by atoms with Crippen molar-refractivity contribution in [1.82, 2.24) is 19.9 Å². The van der Waals surface area contributed by atoms with Crippen LogP contribution in [0.15, 0.2) is 48.8 Å². The van der Waals surface area contributed by atoms with Gasteiger partial charge in [-0.1, -0.05) is 12.1 Å². The van der Waals surface area contributed by atoms with Gasteiger partial charge in [-0.2, -0.15) is 0 Å². The van der Waals surface area contributed by atoms with Gasteiger partial charge in [-0.15, -0.1) is 0 Å². The van der Waals surface area contributed by atoms with Gasteiger partial charge in [-0.05, 0) is 61.6 Å². The number of carbonyl (C=O) groups excluding carboxylic acids is 2. The number of nitrogens with one attached hydrogen (secondary N) is 2. The van der Waals surface area contributed by atoms with Crippen molar-refractivity contribution in [2.75, 3.05) is 18.8 Å². The summed E-state index contributed by atoms with van der Waals surface area (Å²) in [7, 11) is -3.72. The summed E-state index contributed by atoms with van der Waals surface area (Å²) >= 11 is 0. The molecule has 2 aromatic rings. The first-order chi connectivity index (χ1) is 15.2. The number of pyridine rings is 1. The average molecular weight is 459 g/mol. The zero-order valence-corrected chi connectivity index (χ0v) is 18.6. The monoisotopic (exact) mass is 458 g/mol. The van der Waals surface area contributed by atoms with Crippen LogP contribution >= 0.6 is 0 Å². The lowest BCUT2D eigenvalue weighted by Gasteiger charge is -2.33. The molecule has 3 amide bonds. The normalized spacial score (nSPS) is 22.4. The minimum atomic E-state index is -3.72. The molecule has 1 aromatic carbocycles. The fourth-order valence-corrected chi connectivity index (χ4v) is 5.86. The fraction of sp³-hybridized carbons (Fsp3) is 0.409. The van der Waals surface area contributed by atoms with Crippen molar-refractivity contribution in [1.29, 1.82) is 0 Å². The lowest BCUT2D eigenvalue weighted by molar-refractivity contribution is -0.122. The number of rotatable bonds is 7. The summed E-state index contributed by atoms with van der Waals surface area (Å²) in [5.74, 6) is -0.346. The summed E-state index contributed by atoms with van der Waals surface area (Å²) in [4.78, 5) is 27.4. The Hall–Kier alpha value is -2.98. The number of imide groups is 1. The number of hydrogen-bond acceptors (Lipinski definition) is 6.